The predicted molar refractivity (Wildman–Crippen MR) is 145 cm³/mol. The molecule has 7 nitrogen and oxygen atoms in total. The second-order valence-electron chi connectivity index (χ2n) is 9.42. The molecule has 0 radical (unpaired) electrons. The summed E-state index contributed by atoms with van der Waals surface area (Å²) >= 11 is 0. The highest BCUT2D eigenvalue weighted by Gasteiger charge is 2.30. The number of pyridine rings is 2. The Hall–Kier alpha value is -3.95. The first-order valence-electron chi connectivity index (χ1n) is 12.8. The smallest absolute Gasteiger partial charge is 0.416 e. The van der Waals surface area contributed by atoms with Crippen molar-refractivity contribution in [1.29, 1.82) is 0 Å². The summed E-state index contributed by atoms with van der Waals surface area (Å²) in [5, 5.41) is 14.5. The van der Waals surface area contributed by atoms with Crippen molar-refractivity contribution in [3.63, 3.8) is 0 Å². The number of aromatic nitrogens is 2. The van der Waals surface area contributed by atoms with Crippen molar-refractivity contribution >= 4 is 17.7 Å². The van der Waals surface area contributed by atoms with Crippen LogP contribution in [0, 0.1) is 5.92 Å². The standard InChI is InChI=1S/C26H27F3N4O3.C3H8/c1-16(2)13-22(33-23-10-6-19(15-32-23)25(36)30-12-11-24(34)35)18-5-9-21(31-14-18)17-3-7-20(8-4-17)26(27,28)29;1-3-2/h3-10,14-16,22H,11-13H2,1-2H3,(H,30,36)(H,32,33)(H,34,35);3H2,1-2H3. The van der Waals surface area contributed by atoms with E-state index in [1.165, 1.54) is 24.8 Å². The Morgan fingerprint density at radius 2 is 1.62 bits per heavy atom. The maximum atomic E-state index is 12.8. The third kappa shape index (κ3) is 10.4. The lowest BCUT2D eigenvalue weighted by Gasteiger charge is -2.22. The van der Waals surface area contributed by atoms with E-state index >= 15 is 0 Å². The molecule has 2 aromatic heterocycles. The maximum absolute atomic E-state index is 12.8. The molecule has 210 valence electrons. The number of aliphatic carboxylic acids is 1. The first-order chi connectivity index (χ1) is 18.4. The lowest BCUT2D eigenvalue weighted by molar-refractivity contribution is -0.138. The van der Waals surface area contributed by atoms with Crippen LogP contribution in [0.1, 0.15) is 74.5 Å². The summed E-state index contributed by atoms with van der Waals surface area (Å²) in [6.45, 7) is 8.44. The van der Waals surface area contributed by atoms with Gasteiger partial charge in [-0.15, -0.1) is 0 Å². The molecule has 1 atom stereocenters. The average Bonchev–Trinajstić information content (AvgIpc) is 2.88. The predicted octanol–water partition coefficient (Wildman–Crippen LogP) is 6.98. The van der Waals surface area contributed by atoms with Gasteiger partial charge < -0.3 is 15.7 Å². The van der Waals surface area contributed by atoms with Gasteiger partial charge in [0.1, 0.15) is 5.82 Å². The fourth-order valence-electron chi connectivity index (χ4n) is 3.54. The van der Waals surface area contributed by atoms with E-state index in [-0.39, 0.29) is 19.0 Å². The van der Waals surface area contributed by atoms with Gasteiger partial charge in [0.05, 0.1) is 29.3 Å². The van der Waals surface area contributed by atoms with E-state index in [1.54, 1.807) is 24.4 Å². The van der Waals surface area contributed by atoms with Crippen LogP contribution in [0.3, 0.4) is 0 Å². The summed E-state index contributed by atoms with van der Waals surface area (Å²) < 4.78 is 38.5. The fourth-order valence-corrected chi connectivity index (χ4v) is 3.54. The Labute approximate surface area is 226 Å². The molecule has 3 N–H and O–H groups in total. The molecule has 1 amide bonds. The van der Waals surface area contributed by atoms with Crippen molar-refractivity contribution in [2.24, 2.45) is 5.92 Å². The topological polar surface area (TPSA) is 104 Å². The van der Waals surface area contributed by atoms with Crippen molar-refractivity contribution in [1.82, 2.24) is 15.3 Å². The molecule has 3 rings (SSSR count). The van der Waals surface area contributed by atoms with Crippen molar-refractivity contribution < 1.29 is 27.9 Å². The number of benzene rings is 1. The van der Waals surface area contributed by atoms with E-state index in [0.29, 0.717) is 28.6 Å². The van der Waals surface area contributed by atoms with Crippen LogP contribution in [-0.4, -0.2) is 33.5 Å². The normalized spacial score (nSPS) is 11.8. The number of halogens is 3. The minimum atomic E-state index is -4.39. The van der Waals surface area contributed by atoms with Crippen molar-refractivity contribution in [2.45, 2.75) is 59.2 Å². The Balaban J connectivity index is 0.00000170. The van der Waals surface area contributed by atoms with Gasteiger partial charge in [-0.25, -0.2) is 4.98 Å². The molecule has 0 spiro atoms. The van der Waals surface area contributed by atoms with Gasteiger partial charge in [-0.1, -0.05) is 52.3 Å². The molecule has 0 fully saturated rings. The van der Waals surface area contributed by atoms with Crippen LogP contribution in [-0.2, 0) is 11.0 Å². The molecular weight excluding hydrogens is 509 g/mol. The van der Waals surface area contributed by atoms with Gasteiger partial charge in [-0.05, 0) is 48.2 Å². The largest absolute Gasteiger partial charge is 0.481 e. The zero-order valence-electron chi connectivity index (χ0n) is 22.5. The van der Waals surface area contributed by atoms with Crippen molar-refractivity contribution in [2.75, 3.05) is 11.9 Å². The average molecular weight is 545 g/mol. The van der Waals surface area contributed by atoms with Crippen LogP contribution < -0.4 is 10.6 Å². The highest BCUT2D eigenvalue weighted by molar-refractivity contribution is 5.94. The quantitative estimate of drug-likeness (QED) is 0.254. The third-order valence-electron chi connectivity index (χ3n) is 5.38. The number of hydrogen-bond acceptors (Lipinski definition) is 5. The van der Waals surface area contributed by atoms with E-state index in [4.69, 9.17) is 5.11 Å². The number of anilines is 1. The third-order valence-corrected chi connectivity index (χ3v) is 5.38. The van der Waals surface area contributed by atoms with E-state index in [0.717, 1.165) is 24.1 Å². The lowest BCUT2D eigenvalue weighted by Crippen LogP contribution is -2.26. The number of carbonyl (C=O) groups is 2. The molecule has 1 unspecified atom stereocenters. The maximum Gasteiger partial charge on any atom is 0.416 e. The molecule has 2 heterocycles. The van der Waals surface area contributed by atoms with Gasteiger partial charge in [0.25, 0.3) is 5.91 Å². The zero-order valence-corrected chi connectivity index (χ0v) is 22.5. The molecule has 3 aromatic rings. The Bertz CT molecular complexity index is 1180. The van der Waals surface area contributed by atoms with Gasteiger partial charge in [-0.3, -0.25) is 14.6 Å². The molecule has 39 heavy (non-hydrogen) atoms. The Morgan fingerprint density at radius 3 is 2.10 bits per heavy atom. The first-order valence-corrected chi connectivity index (χ1v) is 12.8. The van der Waals surface area contributed by atoms with Gasteiger partial charge in [-0.2, -0.15) is 13.2 Å². The van der Waals surface area contributed by atoms with E-state index in [1.807, 2.05) is 6.07 Å². The molecule has 0 aliphatic carbocycles. The summed E-state index contributed by atoms with van der Waals surface area (Å²) in [7, 11) is 0. The van der Waals surface area contributed by atoms with Crippen LogP contribution in [0.15, 0.2) is 60.9 Å². The molecule has 1 aromatic carbocycles. The Kier molecular flexibility index (Phi) is 11.9. The molecular formula is C29H35F3N4O3. The van der Waals surface area contributed by atoms with Crippen LogP contribution in [0.5, 0.6) is 0 Å². The van der Waals surface area contributed by atoms with E-state index in [9.17, 15) is 22.8 Å². The summed E-state index contributed by atoms with van der Waals surface area (Å²) in [5.74, 6) is -0.505. The van der Waals surface area contributed by atoms with Gasteiger partial charge in [0.2, 0.25) is 0 Å². The van der Waals surface area contributed by atoms with Gasteiger partial charge >= 0.3 is 12.1 Å². The number of hydrogen-bond donors (Lipinski definition) is 3. The summed E-state index contributed by atoms with van der Waals surface area (Å²) in [5.41, 5.74) is 1.64. The minimum absolute atomic E-state index is 0.0279. The fraction of sp³-hybridized carbons (Fsp3) is 0.379. The number of carboxylic acids is 1. The van der Waals surface area contributed by atoms with Gasteiger partial charge in [0.15, 0.2) is 0 Å². The summed E-state index contributed by atoms with van der Waals surface area (Å²) in [6, 6.07) is 11.7. The van der Waals surface area contributed by atoms with Crippen LogP contribution in [0.4, 0.5) is 19.0 Å². The van der Waals surface area contributed by atoms with Gasteiger partial charge in [0, 0.05) is 24.5 Å². The minimum Gasteiger partial charge on any atom is -0.481 e. The SMILES string of the molecule is CC(C)CC(Nc1ccc(C(=O)NCCC(=O)O)cn1)c1ccc(-c2ccc(C(F)(F)F)cc2)nc1.CCC. The number of alkyl halides is 3. The van der Waals surface area contributed by atoms with Crippen LogP contribution in [0.25, 0.3) is 11.3 Å². The molecule has 0 bridgehead atoms. The Morgan fingerprint density at radius 1 is 0.949 bits per heavy atom. The molecule has 0 saturated heterocycles. The molecule has 10 heteroatoms. The second-order valence-corrected chi connectivity index (χ2v) is 9.42. The number of nitrogens with zero attached hydrogens (tertiary/aromatic N) is 2. The lowest BCUT2D eigenvalue weighted by atomic mass is 9.97. The zero-order chi connectivity index (χ0) is 29.0. The van der Waals surface area contributed by atoms with Crippen LogP contribution >= 0.6 is 0 Å². The van der Waals surface area contributed by atoms with Crippen molar-refractivity contribution in [3.8, 4) is 11.3 Å². The number of nitrogens with one attached hydrogen (secondary N) is 2. The summed E-state index contributed by atoms with van der Waals surface area (Å²) in [4.78, 5) is 31.5. The number of amides is 1. The van der Waals surface area contributed by atoms with Crippen LogP contribution in [0.2, 0.25) is 0 Å². The van der Waals surface area contributed by atoms with E-state index < -0.39 is 23.6 Å². The summed E-state index contributed by atoms with van der Waals surface area (Å²) in [6.07, 6.45) is 0.567. The highest BCUT2D eigenvalue weighted by Crippen LogP contribution is 2.31. The second kappa shape index (κ2) is 14.8. The number of carbonyl (C=O) groups excluding carboxylic acids is 1. The monoisotopic (exact) mass is 544 g/mol. The van der Waals surface area contributed by atoms with E-state index in [2.05, 4.69) is 48.3 Å². The number of carboxylic acid groups (broad SMARTS) is 1. The molecule has 0 aliphatic heterocycles. The number of rotatable bonds is 10. The van der Waals surface area contributed by atoms with Crippen molar-refractivity contribution in [3.05, 3.63) is 77.6 Å². The first kappa shape index (κ1) is 31.3. The highest BCUT2D eigenvalue weighted by atomic mass is 19.4. The molecule has 0 aliphatic rings. The molecule has 0 saturated carbocycles.